The Bertz CT molecular complexity index is 692. The van der Waals surface area contributed by atoms with Crippen LogP contribution >= 0.6 is 11.6 Å². The van der Waals surface area contributed by atoms with Crippen LogP contribution in [0.5, 0.6) is 0 Å². The van der Waals surface area contributed by atoms with Crippen LogP contribution in [0.25, 0.3) is 0 Å². The molecule has 1 aromatic rings. The summed E-state index contributed by atoms with van der Waals surface area (Å²) in [6.45, 7) is 3.47. The van der Waals surface area contributed by atoms with Gasteiger partial charge in [-0.2, -0.15) is 0 Å². The standard InChI is InChI=1S/C20H26ClNO3S/c1-19(2,26(25)16-5-3-15(21)4-6-16)18(23)22-17-13-7-12-8-14(17)11-20(24,9-12)10-13/h3-6,12-14,17,24H,7-11H2,1-2H3,(H,22,23)/t12?,13-,14+,17?,20?,26?. The van der Waals surface area contributed by atoms with Gasteiger partial charge in [-0.1, -0.05) is 11.6 Å². The van der Waals surface area contributed by atoms with Crippen molar-refractivity contribution < 1.29 is 14.5 Å². The Morgan fingerprint density at radius 3 is 2.35 bits per heavy atom. The summed E-state index contributed by atoms with van der Waals surface area (Å²) in [6.07, 6.45) is 4.67. The third kappa shape index (κ3) is 3.17. The van der Waals surface area contributed by atoms with Crippen molar-refractivity contribution in [1.82, 2.24) is 5.32 Å². The molecule has 4 fully saturated rings. The first-order valence-electron chi connectivity index (χ1n) is 9.39. The maximum absolute atomic E-state index is 13.0. The Kier molecular flexibility index (Phi) is 4.58. The third-order valence-corrected chi connectivity index (χ3v) is 8.64. The van der Waals surface area contributed by atoms with E-state index >= 15 is 0 Å². The second kappa shape index (κ2) is 6.40. The highest BCUT2D eigenvalue weighted by Crippen LogP contribution is 2.55. The fraction of sp³-hybridized carbons (Fsp3) is 0.650. The van der Waals surface area contributed by atoms with Crippen LogP contribution in [0.1, 0.15) is 46.0 Å². The molecular formula is C20H26ClNO3S. The van der Waals surface area contributed by atoms with Gasteiger partial charge in [0.25, 0.3) is 5.91 Å². The number of rotatable bonds is 4. The zero-order valence-corrected chi connectivity index (χ0v) is 16.8. The Hall–Kier alpha value is -0.750. The van der Waals surface area contributed by atoms with E-state index < -0.39 is 21.5 Å². The minimum atomic E-state index is -1.47. The number of carbonyl (C=O) groups is 1. The number of nitrogens with one attached hydrogen (secondary N) is 1. The van der Waals surface area contributed by atoms with E-state index in [9.17, 15) is 14.5 Å². The summed E-state index contributed by atoms with van der Waals surface area (Å²) in [6, 6.07) is 6.92. The van der Waals surface area contributed by atoms with E-state index in [1.54, 1.807) is 38.1 Å². The first-order chi connectivity index (χ1) is 12.2. The van der Waals surface area contributed by atoms with Gasteiger partial charge in [0.05, 0.1) is 5.60 Å². The van der Waals surface area contributed by atoms with Gasteiger partial charge in [-0.25, -0.2) is 0 Å². The van der Waals surface area contributed by atoms with Crippen molar-refractivity contribution >= 4 is 28.7 Å². The van der Waals surface area contributed by atoms with Crippen LogP contribution in [0.4, 0.5) is 0 Å². The molecular weight excluding hydrogens is 370 g/mol. The molecule has 0 radical (unpaired) electrons. The molecule has 0 saturated heterocycles. The lowest BCUT2D eigenvalue weighted by Gasteiger charge is -2.58. The summed E-state index contributed by atoms with van der Waals surface area (Å²) in [7, 11) is 0. The van der Waals surface area contributed by atoms with E-state index in [0.29, 0.717) is 27.7 Å². The van der Waals surface area contributed by atoms with Crippen molar-refractivity contribution in [3.63, 3.8) is 0 Å². The average molecular weight is 396 g/mol. The van der Waals surface area contributed by atoms with Gasteiger partial charge in [-0.15, -0.1) is 0 Å². The lowest BCUT2D eigenvalue weighted by molar-refractivity contribution is -0.147. The molecule has 0 spiro atoms. The topological polar surface area (TPSA) is 72.4 Å². The second-order valence-corrected chi connectivity index (χ2v) is 11.4. The number of benzene rings is 1. The van der Waals surface area contributed by atoms with E-state index in [1.165, 1.54) is 0 Å². The van der Waals surface area contributed by atoms with Gasteiger partial charge in [-0.3, -0.25) is 4.79 Å². The normalized spacial score (nSPS) is 36.8. The van der Waals surface area contributed by atoms with Gasteiger partial charge in [0.15, 0.2) is 4.90 Å². The zero-order chi connectivity index (χ0) is 18.7. The van der Waals surface area contributed by atoms with Gasteiger partial charge in [-0.05, 0) is 88.0 Å². The molecule has 2 N–H and O–H groups in total. The Morgan fingerprint density at radius 2 is 1.81 bits per heavy atom. The zero-order valence-electron chi connectivity index (χ0n) is 15.2. The molecule has 4 aliphatic rings. The summed E-state index contributed by atoms with van der Waals surface area (Å²) in [5, 5.41) is 14.5. The monoisotopic (exact) mass is 395 g/mol. The highest BCUT2D eigenvalue weighted by atomic mass is 35.5. The highest BCUT2D eigenvalue weighted by molar-refractivity contribution is 7.93. The van der Waals surface area contributed by atoms with Crippen molar-refractivity contribution in [2.75, 3.05) is 0 Å². The van der Waals surface area contributed by atoms with Crippen LogP contribution in [0, 0.1) is 17.8 Å². The number of aliphatic hydroxyl groups is 1. The van der Waals surface area contributed by atoms with Gasteiger partial charge in [0, 0.05) is 22.2 Å². The molecule has 0 heterocycles. The molecule has 6 heteroatoms. The van der Waals surface area contributed by atoms with Crippen molar-refractivity contribution in [1.29, 1.82) is 0 Å². The number of halogens is 1. The minimum absolute atomic E-state index is 0.0980. The lowest BCUT2D eigenvalue weighted by Crippen LogP contribution is -2.63. The molecule has 0 aliphatic heterocycles. The van der Waals surface area contributed by atoms with Crippen LogP contribution < -0.4 is 5.32 Å². The third-order valence-electron chi connectivity index (χ3n) is 6.58. The summed E-state index contributed by atoms with van der Waals surface area (Å²) < 4.78 is 12.0. The molecule has 4 unspecified atom stereocenters. The lowest BCUT2D eigenvalue weighted by atomic mass is 9.52. The van der Waals surface area contributed by atoms with E-state index in [0.717, 1.165) is 32.1 Å². The molecule has 4 saturated carbocycles. The van der Waals surface area contributed by atoms with Crippen molar-refractivity contribution in [3.8, 4) is 0 Å². The number of amides is 1. The largest absolute Gasteiger partial charge is 0.611 e. The first-order valence-corrected chi connectivity index (χ1v) is 10.9. The van der Waals surface area contributed by atoms with Crippen molar-refractivity contribution in [2.24, 2.45) is 17.8 Å². The number of carbonyl (C=O) groups excluding carboxylic acids is 1. The van der Waals surface area contributed by atoms with Crippen LogP contribution in [0.3, 0.4) is 0 Å². The fourth-order valence-corrected chi connectivity index (χ4v) is 6.81. The first kappa shape index (κ1) is 18.6. The van der Waals surface area contributed by atoms with E-state index in [1.807, 2.05) is 0 Å². The Balaban J connectivity index is 1.48. The fourth-order valence-electron chi connectivity index (χ4n) is 5.48. The molecule has 142 valence electrons. The average Bonchev–Trinajstić information content (AvgIpc) is 2.56. The summed E-state index contributed by atoms with van der Waals surface area (Å²) in [4.78, 5) is 13.6. The van der Waals surface area contributed by atoms with E-state index in [4.69, 9.17) is 11.6 Å². The predicted molar refractivity (Wildman–Crippen MR) is 102 cm³/mol. The van der Waals surface area contributed by atoms with Crippen LogP contribution in [-0.2, 0) is 16.0 Å². The minimum Gasteiger partial charge on any atom is -0.611 e. The Labute approximate surface area is 162 Å². The number of hydrogen-bond acceptors (Lipinski definition) is 3. The van der Waals surface area contributed by atoms with Gasteiger partial charge >= 0.3 is 0 Å². The van der Waals surface area contributed by atoms with Crippen molar-refractivity contribution in [2.45, 2.75) is 67.2 Å². The maximum atomic E-state index is 13.0. The molecule has 0 aromatic heterocycles. The van der Waals surface area contributed by atoms with Crippen LogP contribution in [0.15, 0.2) is 29.2 Å². The second-order valence-electron chi connectivity index (χ2n) is 8.93. The molecule has 1 aromatic carbocycles. The van der Waals surface area contributed by atoms with Gasteiger partial charge in [0.1, 0.15) is 0 Å². The molecule has 4 aliphatic carbocycles. The van der Waals surface area contributed by atoms with Crippen molar-refractivity contribution in [3.05, 3.63) is 29.3 Å². The predicted octanol–water partition coefficient (Wildman–Crippen LogP) is 3.28. The summed E-state index contributed by atoms with van der Waals surface area (Å²) in [5.41, 5.74) is -0.515. The van der Waals surface area contributed by atoms with Gasteiger partial charge < -0.3 is 15.0 Å². The molecule has 1 amide bonds. The van der Waals surface area contributed by atoms with E-state index in [-0.39, 0.29) is 11.9 Å². The molecule has 4 bridgehead atoms. The molecule has 4 nitrogen and oxygen atoms in total. The molecule has 6 atom stereocenters. The van der Waals surface area contributed by atoms with Gasteiger partial charge in [0.2, 0.25) is 4.75 Å². The maximum Gasteiger partial charge on any atom is 0.276 e. The SMILES string of the molecule is CC(C)(C(=O)NC1[C@@H]2CC3C[C@H]1CC(O)(C3)C2)[S+]([O-])c1ccc(Cl)cc1. The summed E-state index contributed by atoms with van der Waals surface area (Å²) in [5.74, 6) is 1.11. The highest BCUT2D eigenvalue weighted by Gasteiger charge is 2.56. The smallest absolute Gasteiger partial charge is 0.276 e. The quantitative estimate of drug-likeness (QED) is 0.768. The summed E-state index contributed by atoms with van der Waals surface area (Å²) >= 11 is 4.43. The molecule has 5 rings (SSSR count). The van der Waals surface area contributed by atoms with Crippen LogP contribution in [-0.4, -0.2) is 32.0 Å². The molecule has 26 heavy (non-hydrogen) atoms. The number of hydrogen-bond donors (Lipinski definition) is 2. The van der Waals surface area contributed by atoms with E-state index in [2.05, 4.69) is 5.32 Å². The Morgan fingerprint density at radius 1 is 1.23 bits per heavy atom. The van der Waals surface area contributed by atoms with Crippen LogP contribution in [0.2, 0.25) is 5.02 Å².